The third-order valence-electron chi connectivity index (χ3n) is 3.82. The van der Waals surface area contributed by atoms with Crippen LogP contribution in [-0.4, -0.2) is 24.8 Å². The Labute approximate surface area is 105 Å². The predicted octanol–water partition coefficient (Wildman–Crippen LogP) is 2.62. The van der Waals surface area contributed by atoms with Crippen molar-refractivity contribution < 1.29 is 4.74 Å². The van der Waals surface area contributed by atoms with E-state index in [1.807, 2.05) is 6.92 Å². The van der Waals surface area contributed by atoms with Gasteiger partial charge in [-0.2, -0.15) is 5.26 Å². The van der Waals surface area contributed by atoms with Gasteiger partial charge in [-0.15, -0.1) is 0 Å². The highest BCUT2D eigenvalue weighted by Crippen LogP contribution is 2.25. The lowest BCUT2D eigenvalue weighted by Crippen LogP contribution is -2.46. The normalized spacial score (nSPS) is 25.2. The van der Waals surface area contributed by atoms with Crippen LogP contribution in [0, 0.1) is 17.2 Å². The maximum absolute atomic E-state index is 9.21. The highest BCUT2D eigenvalue weighted by atomic mass is 16.5. The highest BCUT2D eigenvalue weighted by Gasteiger charge is 2.32. The zero-order chi connectivity index (χ0) is 12.1. The fourth-order valence-corrected chi connectivity index (χ4v) is 2.57. The van der Waals surface area contributed by atoms with Gasteiger partial charge in [0.1, 0.15) is 5.54 Å². The first-order chi connectivity index (χ1) is 8.22. The van der Waals surface area contributed by atoms with E-state index in [9.17, 15) is 5.26 Å². The monoisotopic (exact) mass is 236 g/mol. The zero-order valence-electron chi connectivity index (χ0n) is 10.9. The van der Waals surface area contributed by atoms with Gasteiger partial charge in [0.05, 0.1) is 12.7 Å². The van der Waals surface area contributed by atoms with Crippen molar-refractivity contribution in [2.75, 3.05) is 13.2 Å². The van der Waals surface area contributed by atoms with Crippen molar-refractivity contribution in [3.63, 3.8) is 0 Å². The van der Waals surface area contributed by atoms with Gasteiger partial charge in [0.25, 0.3) is 0 Å². The number of hydrogen-bond acceptors (Lipinski definition) is 3. The first kappa shape index (κ1) is 12.9. The number of ether oxygens (including phenoxy) is 1. The van der Waals surface area contributed by atoms with Gasteiger partial charge >= 0.3 is 0 Å². The third-order valence-corrected chi connectivity index (χ3v) is 3.82. The summed E-state index contributed by atoms with van der Waals surface area (Å²) in [7, 11) is 0. The smallest absolute Gasteiger partial charge is 0.127 e. The Morgan fingerprint density at radius 1 is 1.24 bits per heavy atom. The molecule has 2 aliphatic carbocycles. The molecule has 0 spiro atoms. The Hall–Kier alpha value is -0.590. The van der Waals surface area contributed by atoms with E-state index in [2.05, 4.69) is 11.4 Å². The summed E-state index contributed by atoms with van der Waals surface area (Å²) in [4.78, 5) is 0. The van der Waals surface area contributed by atoms with Gasteiger partial charge < -0.3 is 4.74 Å². The highest BCUT2D eigenvalue weighted by molar-refractivity contribution is 5.07. The number of nitriles is 1. The molecule has 0 amide bonds. The van der Waals surface area contributed by atoms with Crippen LogP contribution in [0.3, 0.4) is 0 Å². The van der Waals surface area contributed by atoms with Crippen LogP contribution < -0.4 is 5.32 Å². The maximum Gasteiger partial charge on any atom is 0.127 e. The van der Waals surface area contributed by atoms with Crippen molar-refractivity contribution >= 4 is 0 Å². The average Bonchev–Trinajstić information content (AvgIpc) is 3.14. The van der Waals surface area contributed by atoms with Crippen LogP contribution in [0.15, 0.2) is 0 Å². The number of rotatable bonds is 6. The van der Waals surface area contributed by atoms with E-state index in [4.69, 9.17) is 4.74 Å². The first-order valence-electron chi connectivity index (χ1n) is 6.98. The molecule has 2 saturated carbocycles. The van der Waals surface area contributed by atoms with Gasteiger partial charge in [0, 0.05) is 12.6 Å². The summed E-state index contributed by atoms with van der Waals surface area (Å²) in [6.07, 6.45) is 9.11. The van der Waals surface area contributed by atoms with Crippen molar-refractivity contribution in [1.29, 1.82) is 5.26 Å². The molecule has 1 N–H and O–H groups in total. The minimum Gasteiger partial charge on any atom is -0.378 e. The summed E-state index contributed by atoms with van der Waals surface area (Å²) >= 11 is 0. The molecule has 3 heteroatoms. The van der Waals surface area contributed by atoms with Crippen LogP contribution in [0.1, 0.15) is 51.9 Å². The third kappa shape index (κ3) is 4.29. The van der Waals surface area contributed by atoms with E-state index in [-0.39, 0.29) is 0 Å². The molecule has 1 unspecified atom stereocenters. The minimum atomic E-state index is -0.490. The largest absolute Gasteiger partial charge is 0.378 e. The molecule has 0 saturated heterocycles. The number of nitrogens with one attached hydrogen (secondary N) is 1. The van der Waals surface area contributed by atoms with Gasteiger partial charge in [0.2, 0.25) is 0 Å². The average molecular weight is 236 g/mol. The van der Waals surface area contributed by atoms with E-state index in [0.717, 1.165) is 12.5 Å². The Morgan fingerprint density at radius 2 is 1.94 bits per heavy atom. The fourth-order valence-electron chi connectivity index (χ4n) is 2.57. The standard InChI is InChI=1S/C14H24N2O/c1-14(10-15,16-13-7-8-13)11-17-9-12-5-3-2-4-6-12/h12-13,16H,2-9,11H2,1H3. The molecule has 0 radical (unpaired) electrons. The second-order valence-electron chi connectivity index (χ2n) is 5.88. The Morgan fingerprint density at radius 3 is 2.53 bits per heavy atom. The second kappa shape index (κ2) is 5.84. The maximum atomic E-state index is 9.21. The fraction of sp³-hybridized carbons (Fsp3) is 0.929. The lowest BCUT2D eigenvalue weighted by Gasteiger charge is -2.26. The Kier molecular flexibility index (Phi) is 4.42. The lowest BCUT2D eigenvalue weighted by atomic mass is 9.90. The van der Waals surface area contributed by atoms with E-state index < -0.39 is 5.54 Å². The molecule has 0 heterocycles. The molecule has 0 aliphatic heterocycles. The molecular formula is C14H24N2O. The van der Waals surface area contributed by atoms with Gasteiger partial charge in [-0.3, -0.25) is 5.32 Å². The first-order valence-corrected chi connectivity index (χ1v) is 6.98. The minimum absolute atomic E-state index is 0.490. The molecular weight excluding hydrogens is 212 g/mol. The van der Waals surface area contributed by atoms with Crippen LogP contribution >= 0.6 is 0 Å². The molecule has 2 aliphatic rings. The molecule has 0 aromatic carbocycles. The number of nitrogens with zero attached hydrogens (tertiary/aromatic N) is 1. The predicted molar refractivity (Wildman–Crippen MR) is 67.6 cm³/mol. The zero-order valence-corrected chi connectivity index (χ0v) is 10.9. The molecule has 0 bridgehead atoms. The molecule has 1 atom stereocenters. The molecule has 3 nitrogen and oxygen atoms in total. The van der Waals surface area contributed by atoms with Gasteiger partial charge in [-0.1, -0.05) is 19.3 Å². The van der Waals surface area contributed by atoms with Crippen molar-refractivity contribution in [2.24, 2.45) is 5.92 Å². The summed E-state index contributed by atoms with van der Waals surface area (Å²) in [5, 5.41) is 12.6. The van der Waals surface area contributed by atoms with Crippen molar-refractivity contribution in [2.45, 2.75) is 63.5 Å². The van der Waals surface area contributed by atoms with E-state index in [1.165, 1.54) is 44.9 Å². The Balaban J connectivity index is 1.66. The van der Waals surface area contributed by atoms with E-state index in [1.54, 1.807) is 0 Å². The molecule has 2 rings (SSSR count). The van der Waals surface area contributed by atoms with Crippen molar-refractivity contribution in [3.05, 3.63) is 0 Å². The topological polar surface area (TPSA) is 45.0 Å². The van der Waals surface area contributed by atoms with Crippen LogP contribution in [-0.2, 0) is 4.74 Å². The lowest BCUT2D eigenvalue weighted by molar-refractivity contribution is 0.0574. The van der Waals surface area contributed by atoms with Crippen LogP contribution in [0.5, 0.6) is 0 Å². The van der Waals surface area contributed by atoms with Crippen LogP contribution in [0.25, 0.3) is 0 Å². The van der Waals surface area contributed by atoms with Crippen LogP contribution in [0.4, 0.5) is 0 Å². The summed E-state index contributed by atoms with van der Waals surface area (Å²) in [5.74, 6) is 0.729. The van der Waals surface area contributed by atoms with E-state index >= 15 is 0 Å². The second-order valence-corrected chi connectivity index (χ2v) is 5.88. The van der Waals surface area contributed by atoms with Crippen molar-refractivity contribution in [3.8, 4) is 6.07 Å². The molecule has 17 heavy (non-hydrogen) atoms. The molecule has 2 fully saturated rings. The van der Waals surface area contributed by atoms with E-state index in [0.29, 0.717) is 12.6 Å². The van der Waals surface area contributed by atoms with Gasteiger partial charge in [-0.05, 0) is 38.5 Å². The van der Waals surface area contributed by atoms with Crippen molar-refractivity contribution in [1.82, 2.24) is 5.32 Å². The summed E-state index contributed by atoms with van der Waals surface area (Å²) in [5.41, 5.74) is -0.490. The SMILES string of the molecule is CC(C#N)(COCC1CCCCC1)NC1CC1. The molecule has 0 aromatic rings. The van der Waals surface area contributed by atoms with Gasteiger partial charge in [0.15, 0.2) is 0 Å². The van der Waals surface area contributed by atoms with Gasteiger partial charge in [-0.25, -0.2) is 0 Å². The molecule has 0 aromatic heterocycles. The van der Waals surface area contributed by atoms with Crippen LogP contribution in [0.2, 0.25) is 0 Å². The molecule has 96 valence electrons. The quantitative estimate of drug-likeness (QED) is 0.771. The summed E-state index contributed by atoms with van der Waals surface area (Å²) in [6.45, 7) is 3.31. The number of hydrogen-bond donors (Lipinski definition) is 1. The summed E-state index contributed by atoms with van der Waals surface area (Å²) in [6, 6.07) is 2.91. The summed E-state index contributed by atoms with van der Waals surface area (Å²) < 4.78 is 5.77. The Bertz CT molecular complexity index is 276.